The van der Waals surface area contributed by atoms with Crippen LogP contribution in [0.25, 0.3) is 0 Å². The molecule has 0 aliphatic heterocycles. The molecular formula is C7H4Cl3NO2. The van der Waals surface area contributed by atoms with Crippen LogP contribution in [-0.2, 0) is 0 Å². The number of hydrogen-bond acceptors (Lipinski definition) is 2. The van der Waals surface area contributed by atoms with E-state index < -0.39 is 5.91 Å². The highest BCUT2D eigenvalue weighted by atomic mass is 35.5. The summed E-state index contributed by atoms with van der Waals surface area (Å²) in [5, 5.41) is 8.82. The molecule has 0 fully saturated rings. The molecule has 1 amide bonds. The summed E-state index contributed by atoms with van der Waals surface area (Å²) in [7, 11) is 0. The number of halogens is 3. The number of nitrogens with one attached hydrogen (secondary N) is 1. The van der Waals surface area contributed by atoms with Crippen LogP contribution in [0.1, 0.15) is 10.4 Å². The van der Waals surface area contributed by atoms with Crippen LogP contribution >= 0.6 is 34.8 Å². The molecule has 3 nitrogen and oxygen atoms in total. The van der Waals surface area contributed by atoms with Crippen molar-refractivity contribution in [3.05, 3.63) is 32.8 Å². The molecule has 2 N–H and O–H groups in total. The number of rotatable bonds is 1. The normalized spacial score (nSPS) is 9.85. The average molecular weight is 240 g/mol. The smallest absolute Gasteiger partial charge is 0.274 e. The van der Waals surface area contributed by atoms with Crippen LogP contribution < -0.4 is 5.48 Å². The maximum atomic E-state index is 10.9. The van der Waals surface area contributed by atoms with Gasteiger partial charge in [0.1, 0.15) is 0 Å². The molecule has 6 heteroatoms. The first-order chi connectivity index (χ1) is 6.06. The van der Waals surface area contributed by atoms with E-state index in [1.165, 1.54) is 17.6 Å². The Bertz CT molecular complexity index is 331. The van der Waals surface area contributed by atoms with Gasteiger partial charge in [-0.25, -0.2) is 5.48 Å². The lowest BCUT2D eigenvalue weighted by atomic mass is 10.2. The van der Waals surface area contributed by atoms with E-state index in [4.69, 9.17) is 40.0 Å². The fourth-order valence-electron chi connectivity index (χ4n) is 0.751. The molecule has 0 aliphatic carbocycles. The van der Waals surface area contributed by atoms with Crippen LogP contribution in [0.2, 0.25) is 15.1 Å². The van der Waals surface area contributed by atoms with Gasteiger partial charge in [-0.1, -0.05) is 34.8 Å². The largest absolute Gasteiger partial charge is 0.288 e. The standard InChI is InChI=1S/C7H4Cl3NO2/c8-4-1-3(7(12)11-13)2-5(9)6(4)10/h1-2,13H,(H,11,12). The van der Waals surface area contributed by atoms with Gasteiger partial charge in [0.2, 0.25) is 0 Å². The van der Waals surface area contributed by atoms with Crippen molar-refractivity contribution in [3.8, 4) is 0 Å². The molecule has 70 valence electrons. The van der Waals surface area contributed by atoms with E-state index in [0.29, 0.717) is 0 Å². The summed E-state index contributed by atoms with van der Waals surface area (Å²) in [5.74, 6) is -0.694. The second-order valence-corrected chi connectivity index (χ2v) is 3.39. The molecule has 0 radical (unpaired) electrons. The van der Waals surface area contributed by atoms with Gasteiger partial charge >= 0.3 is 0 Å². The van der Waals surface area contributed by atoms with Crippen molar-refractivity contribution in [2.45, 2.75) is 0 Å². The molecule has 0 aromatic heterocycles. The summed E-state index contributed by atoms with van der Waals surface area (Å²) in [6, 6.07) is 2.61. The lowest BCUT2D eigenvalue weighted by Gasteiger charge is -2.02. The summed E-state index contributed by atoms with van der Waals surface area (Å²) in [6.07, 6.45) is 0. The number of hydrogen-bond donors (Lipinski definition) is 2. The van der Waals surface area contributed by atoms with Gasteiger partial charge in [-0.2, -0.15) is 0 Å². The van der Waals surface area contributed by atoms with E-state index >= 15 is 0 Å². The molecule has 0 saturated heterocycles. The van der Waals surface area contributed by atoms with Crippen molar-refractivity contribution in [2.75, 3.05) is 0 Å². The van der Waals surface area contributed by atoms with Gasteiger partial charge in [-0.05, 0) is 12.1 Å². The molecule has 0 saturated carbocycles. The molecule has 1 rings (SSSR count). The molecule has 0 atom stereocenters. The summed E-state index contributed by atoms with van der Waals surface area (Å²) < 4.78 is 0. The van der Waals surface area contributed by atoms with E-state index in [-0.39, 0.29) is 20.6 Å². The predicted octanol–water partition coefficient (Wildman–Crippen LogP) is 2.77. The molecule has 0 bridgehead atoms. The first-order valence-corrected chi connectivity index (χ1v) is 4.28. The van der Waals surface area contributed by atoms with Gasteiger partial charge in [0, 0.05) is 5.56 Å². The summed E-state index contributed by atoms with van der Waals surface area (Å²) in [5.41, 5.74) is 1.60. The predicted molar refractivity (Wildman–Crippen MR) is 50.7 cm³/mol. The number of benzene rings is 1. The van der Waals surface area contributed by atoms with Crippen molar-refractivity contribution >= 4 is 40.7 Å². The van der Waals surface area contributed by atoms with Gasteiger partial charge in [-0.15, -0.1) is 0 Å². The van der Waals surface area contributed by atoms with Crippen LogP contribution in [-0.4, -0.2) is 11.1 Å². The Balaban J connectivity index is 3.20. The van der Waals surface area contributed by atoms with Gasteiger partial charge in [0.15, 0.2) is 0 Å². The van der Waals surface area contributed by atoms with Gasteiger partial charge in [0.05, 0.1) is 15.1 Å². The van der Waals surface area contributed by atoms with Gasteiger partial charge in [0.25, 0.3) is 5.91 Å². The highest BCUT2D eigenvalue weighted by molar-refractivity contribution is 6.48. The minimum atomic E-state index is -0.694. The monoisotopic (exact) mass is 239 g/mol. The van der Waals surface area contributed by atoms with Crippen LogP contribution in [0, 0.1) is 0 Å². The van der Waals surface area contributed by atoms with E-state index in [1.54, 1.807) is 0 Å². The zero-order valence-electron chi connectivity index (χ0n) is 6.14. The molecule has 0 heterocycles. The molecule has 0 aliphatic rings. The molecule has 1 aromatic rings. The molecule has 0 unspecified atom stereocenters. The second-order valence-electron chi connectivity index (χ2n) is 2.19. The molecule has 1 aromatic carbocycles. The highest BCUT2D eigenvalue weighted by Crippen LogP contribution is 2.30. The Kier molecular flexibility index (Phi) is 3.39. The summed E-state index contributed by atoms with van der Waals surface area (Å²) in [4.78, 5) is 10.9. The minimum absolute atomic E-state index is 0.141. The van der Waals surface area contributed by atoms with Crippen LogP contribution in [0.3, 0.4) is 0 Å². The Morgan fingerprint density at radius 1 is 1.23 bits per heavy atom. The van der Waals surface area contributed by atoms with Gasteiger partial charge in [-0.3, -0.25) is 10.0 Å². The molecule has 0 spiro atoms. The SMILES string of the molecule is O=C(NO)c1cc(Cl)c(Cl)c(Cl)c1. The fourth-order valence-corrected chi connectivity index (χ4v) is 1.35. The van der Waals surface area contributed by atoms with Crippen LogP contribution in [0.15, 0.2) is 12.1 Å². The van der Waals surface area contributed by atoms with Crippen molar-refractivity contribution < 1.29 is 10.0 Å². The number of carbonyl (C=O) groups is 1. The summed E-state index contributed by atoms with van der Waals surface area (Å²) in [6.45, 7) is 0. The molecular weight excluding hydrogens is 236 g/mol. The van der Waals surface area contributed by atoms with Crippen molar-refractivity contribution in [3.63, 3.8) is 0 Å². The van der Waals surface area contributed by atoms with Crippen molar-refractivity contribution in [1.29, 1.82) is 0 Å². The third kappa shape index (κ3) is 2.25. The van der Waals surface area contributed by atoms with E-state index in [1.807, 2.05) is 0 Å². The van der Waals surface area contributed by atoms with E-state index in [0.717, 1.165) is 0 Å². The number of hydroxylamine groups is 1. The summed E-state index contributed by atoms with van der Waals surface area (Å²) >= 11 is 16.9. The van der Waals surface area contributed by atoms with Gasteiger partial charge < -0.3 is 0 Å². The minimum Gasteiger partial charge on any atom is -0.288 e. The Morgan fingerprint density at radius 3 is 2.08 bits per heavy atom. The van der Waals surface area contributed by atoms with Crippen LogP contribution in [0.5, 0.6) is 0 Å². The van der Waals surface area contributed by atoms with E-state index in [9.17, 15) is 4.79 Å². The fraction of sp³-hybridized carbons (Fsp3) is 0. The lowest BCUT2D eigenvalue weighted by Crippen LogP contribution is -2.18. The third-order valence-corrected chi connectivity index (χ3v) is 2.54. The van der Waals surface area contributed by atoms with Crippen molar-refractivity contribution in [2.24, 2.45) is 0 Å². The topological polar surface area (TPSA) is 49.3 Å². The zero-order chi connectivity index (χ0) is 10.0. The maximum absolute atomic E-state index is 10.9. The zero-order valence-corrected chi connectivity index (χ0v) is 8.41. The lowest BCUT2D eigenvalue weighted by molar-refractivity contribution is 0.0706. The Morgan fingerprint density at radius 2 is 1.69 bits per heavy atom. The first kappa shape index (κ1) is 10.6. The highest BCUT2D eigenvalue weighted by Gasteiger charge is 2.10. The number of carbonyl (C=O) groups excluding carboxylic acids is 1. The maximum Gasteiger partial charge on any atom is 0.274 e. The average Bonchev–Trinajstić information content (AvgIpc) is 2.12. The number of amides is 1. The third-order valence-electron chi connectivity index (χ3n) is 1.35. The van der Waals surface area contributed by atoms with E-state index in [2.05, 4.69) is 0 Å². The second kappa shape index (κ2) is 4.15. The first-order valence-electron chi connectivity index (χ1n) is 3.15. The molecule has 13 heavy (non-hydrogen) atoms. The Labute approximate surface area is 89.2 Å². The van der Waals surface area contributed by atoms with Crippen molar-refractivity contribution in [1.82, 2.24) is 5.48 Å². The quantitative estimate of drug-likeness (QED) is 0.450. The van der Waals surface area contributed by atoms with Crippen LogP contribution in [0.4, 0.5) is 0 Å². The Hall–Kier alpha value is -0.480.